The first-order valence-corrected chi connectivity index (χ1v) is 8.34. The molecule has 0 saturated heterocycles. The van der Waals surface area contributed by atoms with Gasteiger partial charge < -0.3 is 10.3 Å². The number of nitrogens with one attached hydrogen (secondary N) is 2. The molecule has 1 aliphatic heterocycles. The van der Waals surface area contributed by atoms with Gasteiger partial charge in [-0.05, 0) is 24.0 Å². The van der Waals surface area contributed by atoms with Crippen molar-refractivity contribution in [3.63, 3.8) is 0 Å². The van der Waals surface area contributed by atoms with Gasteiger partial charge in [0, 0.05) is 16.8 Å². The Morgan fingerprint density at radius 2 is 2.19 bits per heavy atom. The van der Waals surface area contributed by atoms with Gasteiger partial charge in [-0.15, -0.1) is 0 Å². The molecule has 0 radical (unpaired) electrons. The molecule has 0 aliphatic carbocycles. The molecule has 1 aliphatic rings. The molecule has 7 heteroatoms. The summed E-state index contributed by atoms with van der Waals surface area (Å²) in [7, 11) is 0. The van der Waals surface area contributed by atoms with Gasteiger partial charge in [0.25, 0.3) is 5.56 Å². The van der Waals surface area contributed by atoms with Gasteiger partial charge in [-0.2, -0.15) is 0 Å². The maximum Gasteiger partial charge on any atom is 0.257 e. The number of fused-ring (bicyclic) bond motifs is 1. The maximum absolute atomic E-state index is 12.3. The highest BCUT2D eigenvalue weighted by molar-refractivity contribution is 9.10. The number of carbonyl (C=O) groups is 1. The summed E-state index contributed by atoms with van der Waals surface area (Å²) in [6.45, 7) is 0. The third kappa shape index (κ3) is 2.75. The molecule has 108 valence electrons. The molecule has 0 unspecified atom stereocenters. The van der Waals surface area contributed by atoms with Crippen molar-refractivity contribution in [2.24, 2.45) is 0 Å². The van der Waals surface area contributed by atoms with Crippen LogP contribution in [0, 0.1) is 0 Å². The number of nitrogens with zero attached hydrogens (tertiary/aromatic N) is 1. The van der Waals surface area contributed by atoms with E-state index in [0.29, 0.717) is 16.5 Å². The number of anilines is 1. The molecule has 2 aromatic rings. The zero-order valence-corrected chi connectivity index (χ0v) is 13.5. The van der Waals surface area contributed by atoms with E-state index in [0.717, 1.165) is 10.0 Å². The van der Waals surface area contributed by atoms with Crippen LogP contribution in [-0.4, -0.2) is 22.1 Å². The summed E-state index contributed by atoms with van der Waals surface area (Å²) in [5, 5.41) is 3.19. The van der Waals surface area contributed by atoms with Crippen molar-refractivity contribution in [3.8, 4) is 0 Å². The monoisotopic (exact) mass is 365 g/mol. The smallest absolute Gasteiger partial charge is 0.257 e. The molecule has 1 atom stereocenters. The number of H-pyrrole nitrogens is 1. The predicted molar refractivity (Wildman–Crippen MR) is 85.9 cm³/mol. The third-order valence-electron chi connectivity index (χ3n) is 3.37. The molecule has 5 nitrogen and oxygen atoms in total. The molecule has 0 fully saturated rings. The van der Waals surface area contributed by atoms with Crippen molar-refractivity contribution < 1.29 is 4.79 Å². The predicted octanol–water partition coefficient (Wildman–Crippen LogP) is 2.73. The number of hydrogen-bond acceptors (Lipinski definition) is 4. The molecule has 2 N–H and O–H groups in total. The number of benzene rings is 1. The van der Waals surface area contributed by atoms with E-state index in [1.54, 1.807) is 0 Å². The van der Waals surface area contributed by atoms with E-state index in [4.69, 9.17) is 0 Å². The fraction of sp³-hybridized carbons (Fsp3) is 0.214. The van der Waals surface area contributed by atoms with Gasteiger partial charge in [0.15, 0.2) is 5.16 Å². The Balaban J connectivity index is 2.18. The molecule has 0 spiro atoms. The fourth-order valence-electron chi connectivity index (χ4n) is 2.46. The van der Waals surface area contributed by atoms with Gasteiger partial charge in [-0.25, -0.2) is 4.98 Å². The van der Waals surface area contributed by atoms with Gasteiger partial charge in [0.1, 0.15) is 5.82 Å². The second-order valence-corrected chi connectivity index (χ2v) is 6.41. The van der Waals surface area contributed by atoms with Crippen molar-refractivity contribution in [1.82, 2.24) is 9.97 Å². The van der Waals surface area contributed by atoms with Crippen LogP contribution >= 0.6 is 27.7 Å². The molecule has 2 heterocycles. The minimum Gasteiger partial charge on any atom is -0.310 e. The molecule has 1 aromatic carbocycles. The Labute approximate surface area is 133 Å². The van der Waals surface area contributed by atoms with E-state index in [1.165, 1.54) is 11.8 Å². The Kier molecular flexibility index (Phi) is 3.86. The third-order valence-corrected chi connectivity index (χ3v) is 4.45. The summed E-state index contributed by atoms with van der Waals surface area (Å²) in [5.74, 6) is -0.0413. The Morgan fingerprint density at radius 1 is 1.38 bits per heavy atom. The van der Waals surface area contributed by atoms with Gasteiger partial charge in [0.05, 0.1) is 5.56 Å². The van der Waals surface area contributed by atoms with E-state index in [-0.39, 0.29) is 23.8 Å². The van der Waals surface area contributed by atoms with Crippen LogP contribution in [0.5, 0.6) is 0 Å². The van der Waals surface area contributed by atoms with Crippen molar-refractivity contribution in [2.75, 3.05) is 11.6 Å². The Morgan fingerprint density at radius 3 is 2.90 bits per heavy atom. The minimum absolute atomic E-state index is 0.127. The van der Waals surface area contributed by atoms with E-state index < -0.39 is 0 Å². The number of carbonyl (C=O) groups excluding carboxylic acids is 1. The quantitative estimate of drug-likeness (QED) is 0.633. The maximum atomic E-state index is 12.3. The number of aromatic amines is 1. The fourth-order valence-corrected chi connectivity index (χ4v) is 3.25. The van der Waals surface area contributed by atoms with Crippen LogP contribution in [0.2, 0.25) is 0 Å². The van der Waals surface area contributed by atoms with Crippen LogP contribution < -0.4 is 10.9 Å². The zero-order valence-electron chi connectivity index (χ0n) is 11.1. The number of hydrogen-bond donors (Lipinski definition) is 2. The minimum atomic E-state index is -0.279. The van der Waals surface area contributed by atoms with Crippen molar-refractivity contribution in [1.29, 1.82) is 0 Å². The Bertz CT molecular complexity index is 775. The summed E-state index contributed by atoms with van der Waals surface area (Å²) in [4.78, 5) is 31.3. The number of amides is 1. The lowest BCUT2D eigenvalue weighted by atomic mass is 9.87. The molecule has 1 amide bonds. The van der Waals surface area contributed by atoms with Gasteiger partial charge in [0.2, 0.25) is 5.91 Å². The van der Waals surface area contributed by atoms with Gasteiger partial charge >= 0.3 is 0 Å². The Hall–Kier alpha value is -1.60. The number of halogens is 1. The molecule has 0 saturated carbocycles. The number of thioether (sulfide) groups is 1. The van der Waals surface area contributed by atoms with Crippen LogP contribution in [0.4, 0.5) is 5.82 Å². The summed E-state index contributed by atoms with van der Waals surface area (Å²) < 4.78 is 0.914. The van der Waals surface area contributed by atoms with Crippen LogP contribution in [-0.2, 0) is 4.79 Å². The first-order chi connectivity index (χ1) is 10.1. The molecular weight excluding hydrogens is 354 g/mol. The number of rotatable bonds is 2. The lowest BCUT2D eigenvalue weighted by molar-refractivity contribution is -0.116. The zero-order chi connectivity index (χ0) is 15.0. The highest BCUT2D eigenvalue weighted by Crippen LogP contribution is 2.35. The van der Waals surface area contributed by atoms with E-state index in [1.807, 2.05) is 30.5 Å². The van der Waals surface area contributed by atoms with Crippen LogP contribution in [0.1, 0.15) is 23.5 Å². The standard InChI is InChI=1S/C14H12BrN3O2S/c1-21-14-17-12-11(13(20)18-14)9(6-10(19)16-12)7-3-2-4-8(15)5-7/h2-5,9H,6H2,1H3,(H2,16,17,18,19,20)/t9-/m0/s1. The van der Waals surface area contributed by atoms with E-state index in [2.05, 4.69) is 31.2 Å². The SMILES string of the molecule is CSc1nc2c(c(=O)[nH]1)[C@H](c1cccc(Br)c1)CC(=O)N2. The van der Waals surface area contributed by atoms with Crippen molar-refractivity contribution in [2.45, 2.75) is 17.5 Å². The van der Waals surface area contributed by atoms with Crippen molar-refractivity contribution in [3.05, 3.63) is 50.2 Å². The van der Waals surface area contributed by atoms with E-state index in [9.17, 15) is 9.59 Å². The van der Waals surface area contributed by atoms with Crippen LogP contribution in [0.25, 0.3) is 0 Å². The summed E-state index contributed by atoms with van der Waals surface area (Å²) in [6, 6.07) is 7.64. The molecule has 1 aromatic heterocycles. The second-order valence-electron chi connectivity index (χ2n) is 4.70. The largest absolute Gasteiger partial charge is 0.310 e. The average molecular weight is 366 g/mol. The topological polar surface area (TPSA) is 74.8 Å². The van der Waals surface area contributed by atoms with E-state index >= 15 is 0 Å². The second kappa shape index (κ2) is 5.65. The molecular formula is C14H12BrN3O2S. The van der Waals surface area contributed by atoms with Gasteiger partial charge in [-0.1, -0.05) is 39.8 Å². The number of aromatic nitrogens is 2. The highest BCUT2D eigenvalue weighted by Gasteiger charge is 2.30. The van der Waals surface area contributed by atoms with Gasteiger partial charge in [-0.3, -0.25) is 9.59 Å². The summed E-state index contributed by atoms with van der Waals surface area (Å²) >= 11 is 4.75. The molecule has 3 rings (SSSR count). The highest BCUT2D eigenvalue weighted by atomic mass is 79.9. The molecule has 21 heavy (non-hydrogen) atoms. The van der Waals surface area contributed by atoms with Crippen LogP contribution in [0.3, 0.4) is 0 Å². The summed E-state index contributed by atoms with van der Waals surface area (Å²) in [6.07, 6.45) is 2.06. The van der Waals surface area contributed by atoms with Crippen LogP contribution in [0.15, 0.2) is 38.7 Å². The first kappa shape index (κ1) is 14.3. The molecule has 0 bridgehead atoms. The summed E-state index contributed by atoms with van der Waals surface area (Å²) in [5.41, 5.74) is 1.24. The normalized spacial score (nSPS) is 17.2. The lowest BCUT2D eigenvalue weighted by Gasteiger charge is -2.24. The lowest BCUT2D eigenvalue weighted by Crippen LogP contribution is -2.31. The van der Waals surface area contributed by atoms with Crippen molar-refractivity contribution >= 4 is 39.4 Å². The average Bonchev–Trinajstić information content (AvgIpc) is 2.45. The first-order valence-electron chi connectivity index (χ1n) is 6.32.